The second-order valence-corrected chi connectivity index (χ2v) is 8.86. The van der Waals surface area contributed by atoms with Gasteiger partial charge in [-0.05, 0) is 24.3 Å². The van der Waals surface area contributed by atoms with Gasteiger partial charge in [0.25, 0.3) is 0 Å². The van der Waals surface area contributed by atoms with Crippen LogP contribution in [-0.2, 0) is 4.79 Å². The molecular weight excluding hydrogens is 465 g/mol. The molecule has 4 aromatic rings. The van der Waals surface area contributed by atoms with Gasteiger partial charge in [-0.25, -0.2) is 14.4 Å². The largest absolute Gasteiger partial charge is 0.480 e. The Morgan fingerprint density at radius 3 is 2.64 bits per heavy atom. The van der Waals surface area contributed by atoms with Crippen molar-refractivity contribution in [3.63, 3.8) is 0 Å². The quantitative estimate of drug-likeness (QED) is 0.335. The third kappa shape index (κ3) is 4.45. The molecule has 0 bridgehead atoms. The fourth-order valence-corrected chi connectivity index (χ4v) is 4.42. The summed E-state index contributed by atoms with van der Waals surface area (Å²) in [5.74, 6) is -0.632. The van der Waals surface area contributed by atoms with Crippen molar-refractivity contribution in [1.29, 1.82) is 0 Å². The number of ether oxygens (including phenoxy) is 1. The van der Waals surface area contributed by atoms with Crippen LogP contribution in [0.1, 0.15) is 0 Å². The Bertz CT molecular complexity index is 1410. The highest BCUT2D eigenvalue weighted by molar-refractivity contribution is 5.90. The van der Waals surface area contributed by atoms with Crippen LogP contribution in [0.4, 0.5) is 10.1 Å². The standard InChI is InChI=1S/C25H24FN7O3/c26-17-2-1-3-19(36-20-13-27-20)22(17)25-28-12-18-24(29-25)23(31-30-18)15-4-6-16(7-5-15)33-10-8-32(9-11-33)14-21(34)35/h1-7,12,20,27H,8-11,13-14H2,(H,30,31)(H,34,35). The number of hydrogen-bond donors (Lipinski definition) is 3. The molecule has 0 spiro atoms. The minimum atomic E-state index is -0.801. The Morgan fingerprint density at radius 1 is 1.14 bits per heavy atom. The smallest absolute Gasteiger partial charge is 0.317 e. The number of aromatic nitrogens is 4. The first-order chi connectivity index (χ1) is 17.5. The average Bonchev–Trinajstić information content (AvgIpc) is 3.60. The van der Waals surface area contributed by atoms with Crippen LogP contribution in [-0.4, -0.2) is 81.6 Å². The van der Waals surface area contributed by atoms with E-state index in [0.717, 1.165) is 30.9 Å². The first-order valence-electron chi connectivity index (χ1n) is 11.7. The normalized spacial score (nSPS) is 17.9. The molecule has 2 saturated heterocycles. The highest BCUT2D eigenvalue weighted by Crippen LogP contribution is 2.34. The van der Waals surface area contributed by atoms with E-state index in [9.17, 15) is 9.18 Å². The molecule has 0 amide bonds. The van der Waals surface area contributed by atoms with Crippen LogP contribution in [0, 0.1) is 5.82 Å². The van der Waals surface area contributed by atoms with Gasteiger partial charge in [0.1, 0.15) is 28.3 Å². The van der Waals surface area contributed by atoms with Gasteiger partial charge in [0.2, 0.25) is 0 Å². The van der Waals surface area contributed by atoms with E-state index < -0.39 is 11.8 Å². The zero-order chi connectivity index (χ0) is 24.6. The summed E-state index contributed by atoms with van der Waals surface area (Å²) in [4.78, 5) is 24.1. The summed E-state index contributed by atoms with van der Waals surface area (Å²) >= 11 is 0. The number of H-pyrrole nitrogens is 1. The van der Waals surface area contributed by atoms with Gasteiger partial charge in [0.05, 0.1) is 18.3 Å². The number of piperazine rings is 1. The first-order valence-corrected chi connectivity index (χ1v) is 11.7. The van der Waals surface area contributed by atoms with Crippen LogP contribution in [0.15, 0.2) is 48.7 Å². The second-order valence-electron chi connectivity index (χ2n) is 8.86. The highest BCUT2D eigenvalue weighted by Gasteiger charge is 2.26. The summed E-state index contributed by atoms with van der Waals surface area (Å²) in [7, 11) is 0. The van der Waals surface area contributed by atoms with E-state index in [-0.39, 0.29) is 24.2 Å². The molecule has 0 aliphatic carbocycles. The third-order valence-electron chi connectivity index (χ3n) is 6.38. The lowest BCUT2D eigenvalue weighted by molar-refractivity contribution is -0.138. The molecule has 2 aromatic heterocycles. The Hall–Kier alpha value is -4.09. The number of carbonyl (C=O) groups is 1. The van der Waals surface area contributed by atoms with Gasteiger partial charge in [0, 0.05) is 44.0 Å². The molecule has 1 atom stereocenters. The van der Waals surface area contributed by atoms with E-state index in [4.69, 9.17) is 9.84 Å². The first kappa shape index (κ1) is 22.4. The Morgan fingerprint density at radius 2 is 1.92 bits per heavy atom. The number of nitrogens with zero attached hydrogens (tertiary/aromatic N) is 5. The van der Waals surface area contributed by atoms with E-state index in [1.54, 1.807) is 18.3 Å². The van der Waals surface area contributed by atoms with E-state index in [0.29, 0.717) is 35.6 Å². The number of carboxylic acids is 1. The van der Waals surface area contributed by atoms with Crippen molar-refractivity contribution in [3.05, 3.63) is 54.5 Å². The van der Waals surface area contributed by atoms with Gasteiger partial charge in [-0.15, -0.1) is 0 Å². The zero-order valence-corrected chi connectivity index (χ0v) is 19.3. The molecule has 10 nitrogen and oxygen atoms in total. The van der Waals surface area contributed by atoms with Crippen LogP contribution in [0.2, 0.25) is 0 Å². The molecule has 36 heavy (non-hydrogen) atoms. The van der Waals surface area contributed by atoms with Crippen LogP contribution >= 0.6 is 0 Å². The Balaban J connectivity index is 1.26. The Kier molecular flexibility index (Phi) is 5.70. The number of hydrogen-bond acceptors (Lipinski definition) is 8. The number of rotatable bonds is 7. The summed E-state index contributed by atoms with van der Waals surface area (Å²) in [6.45, 7) is 3.72. The summed E-state index contributed by atoms with van der Waals surface area (Å²) in [6, 6.07) is 12.7. The van der Waals surface area contributed by atoms with Gasteiger partial charge in [-0.1, -0.05) is 18.2 Å². The predicted octanol–water partition coefficient (Wildman–Crippen LogP) is 2.34. The van der Waals surface area contributed by atoms with Gasteiger partial charge < -0.3 is 14.7 Å². The van der Waals surface area contributed by atoms with Crippen molar-refractivity contribution in [2.45, 2.75) is 6.23 Å². The molecule has 1 unspecified atom stereocenters. The summed E-state index contributed by atoms with van der Waals surface area (Å²) in [5, 5.41) is 19.4. The minimum Gasteiger partial charge on any atom is -0.480 e. The third-order valence-corrected chi connectivity index (χ3v) is 6.38. The average molecular weight is 490 g/mol. The molecule has 6 rings (SSSR count). The molecule has 3 N–H and O–H groups in total. The summed E-state index contributed by atoms with van der Waals surface area (Å²) in [5.41, 5.74) is 4.03. The number of nitrogens with one attached hydrogen (secondary N) is 2. The molecule has 184 valence electrons. The monoisotopic (exact) mass is 489 g/mol. The van der Waals surface area contributed by atoms with Gasteiger partial charge in [-0.3, -0.25) is 20.1 Å². The molecule has 2 aliphatic rings. The van der Waals surface area contributed by atoms with E-state index in [1.807, 2.05) is 29.2 Å². The fraction of sp³-hybridized carbons (Fsp3) is 0.280. The van der Waals surface area contributed by atoms with Crippen molar-refractivity contribution in [3.8, 4) is 28.4 Å². The molecule has 4 heterocycles. The lowest BCUT2D eigenvalue weighted by atomic mass is 10.1. The lowest BCUT2D eigenvalue weighted by Crippen LogP contribution is -2.47. The van der Waals surface area contributed by atoms with E-state index >= 15 is 0 Å². The van der Waals surface area contributed by atoms with Gasteiger partial charge in [0.15, 0.2) is 12.1 Å². The molecule has 2 fully saturated rings. The van der Waals surface area contributed by atoms with Crippen LogP contribution in [0.5, 0.6) is 5.75 Å². The molecule has 0 saturated carbocycles. The highest BCUT2D eigenvalue weighted by atomic mass is 19.1. The number of anilines is 1. The fourth-order valence-electron chi connectivity index (χ4n) is 4.42. The predicted molar refractivity (Wildman–Crippen MR) is 131 cm³/mol. The lowest BCUT2D eigenvalue weighted by Gasteiger charge is -2.35. The minimum absolute atomic E-state index is 0.0703. The van der Waals surface area contributed by atoms with E-state index in [1.165, 1.54) is 6.07 Å². The number of halogens is 1. The van der Waals surface area contributed by atoms with E-state index in [2.05, 4.69) is 30.4 Å². The number of benzene rings is 2. The maximum absolute atomic E-state index is 14.8. The van der Waals surface area contributed by atoms with Crippen molar-refractivity contribution >= 4 is 22.7 Å². The second kappa shape index (κ2) is 9.17. The summed E-state index contributed by atoms with van der Waals surface area (Å²) in [6.07, 6.45) is 1.47. The molecule has 2 aromatic carbocycles. The maximum Gasteiger partial charge on any atom is 0.317 e. The van der Waals surface area contributed by atoms with Gasteiger partial charge >= 0.3 is 5.97 Å². The van der Waals surface area contributed by atoms with Crippen molar-refractivity contribution in [1.82, 2.24) is 30.4 Å². The number of carboxylic acid groups (broad SMARTS) is 1. The van der Waals surface area contributed by atoms with Crippen molar-refractivity contribution in [2.24, 2.45) is 0 Å². The van der Waals surface area contributed by atoms with Crippen molar-refractivity contribution < 1.29 is 19.0 Å². The zero-order valence-electron chi connectivity index (χ0n) is 19.3. The van der Waals surface area contributed by atoms with Crippen LogP contribution < -0.4 is 15.0 Å². The number of fused-ring (bicyclic) bond motifs is 1. The molecule has 0 radical (unpaired) electrons. The number of aliphatic carboxylic acids is 1. The summed E-state index contributed by atoms with van der Waals surface area (Å²) < 4.78 is 20.6. The SMILES string of the molecule is O=C(O)CN1CCN(c2ccc(-c3n[nH]c4cnc(-c5c(F)cccc5OC5CN5)nc34)cc2)CC1. The van der Waals surface area contributed by atoms with Crippen molar-refractivity contribution in [2.75, 3.05) is 44.2 Å². The van der Waals surface area contributed by atoms with Gasteiger partial charge in [-0.2, -0.15) is 5.10 Å². The molecular formula is C25H24FN7O3. The topological polar surface area (TPSA) is 129 Å². The Labute approximate surface area is 205 Å². The molecule has 11 heteroatoms. The van der Waals surface area contributed by atoms with Crippen LogP contribution in [0.3, 0.4) is 0 Å². The number of aromatic amines is 1. The van der Waals surface area contributed by atoms with Crippen LogP contribution in [0.25, 0.3) is 33.7 Å². The maximum atomic E-state index is 14.8. The molecule has 2 aliphatic heterocycles.